The van der Waals surface area contributed by atoms with Gasteiger partial charge in [-0.15, -0.1) is 0 Å². The van der Waals surface area contributed by atoms with Crippen molar-refractivity contribution in [1.29, 1.82) is 0 Å². The molecule has 0 aliphatic carbocycles. The molecule has 2 N–H and O–H groups in total. The second-order valence-electron chi connectivity index (χ2n) is 4.19. The van der Waals surface area contributed by atoms with Gasteiger partial charge in [-0.05, 0) is 26.9 Å². The fraction of sp³-hybridized carbons (Fsp3) is 0.667. The van der Waals surface area contributed by atoms with E-state index < -0.39 is 11.9 Å². The summed E-state index contributed by atoms with van der Waals surface area (Å²) in [6.07, 6.45) is 1.00. The first-order valence-electron chi connectivity index (χ1n) is 5.73. The van der Waals surface area contributed by atoms with Crippen molar-refractivity contribution in [2.75, 3.05) is 14.1 Å². The lowest BCUT2D eigenvalue weighted by Crippen LogP contribution is -2.45. The maximum absolute atomic E-state index is 11.8. The molecule has 0 heterocycles. The van der Waals surface area contributed by atoms with Gasteiger partial charge in [0.2, 0.25) is 5.91 Å². The monoisotopic (exact) mass is 242 g/mol. The van der Waals surface area contributed by atoms with Gasteiger partial charge < -0.3 is 10.4 Å². The Morgan fingerprint density at radius 3 is 2.12 bits per heavy atom. The van der Waals surface area contributed by atoms with Crippen LogP contribution in [0.3, 0.4) is 0 Å². The highest BCUT2D eigenvalue weighted by Crippen LogP contribution is 2.14. The Bertz CT molecular complexity index is 300. The SMILES string of the molecule is C=C(C(=O)NC(CC)N(C)C)C(CC)C(=O)O. The number of carbonyl (C=O) groups is 2. The number of hydrogen-bond donors (Lipinski definition) is 2. The van der Waals surface area contributed by atoms with Crippen LogP contribution in [0.15, 0.2) is 12.2 Å². The van der Waals surface area contributed by atoms with Crippen LogP contribution in [0.2, 0.25) is 0 Å². The smallest absolute Gasteiger partial charge is 0.311 e. The van der Waals surface area contributed by atoms with Crippen LogP contribution < -0.4 is 5.32 Å². The van der Waals surface area contributed by atoms with Gasteiger partial charge in [-0.25, -0.2) is 0 Å². The molecule has 0 aromatic heterocycles. The average molecular weight is 242 g/mol. The number of hydrogen-bond acceptors (Lipinski definition) is 3. The number of carboxylic acid groups (broad SMARTS) is 1. The molecule has 5 heteroatoms. The van der Waals surface area contributed by atoms with Gasteiger partial charge in [0, 0.05) is 5.57 Å². The van der Waals surface area contributed by atoms with Crippen molar-refractivity contribution in [2.45, 2.75) is 32.9 Å². The zero-order valence-corrected chi connectivity index (χ0v) is 11.0. The van der Waals surface area contributed by atoms with Gasteiger partial charge in [0.1, 0.15) is 0 Å². The summed E-state index contributed by atoms with van der Waals surface area (Å²) in [5, 5.41) is 11.7. The third-order valence-corrected chi connectivity index (χ3v) is 2.73. The highest BCUT2D eigenvalue weighted by atomic mass is 16.4. The highest BCUT2D eigenvalue weighted by molar-refractivity contribution is 5.98. The first-order chi connectivity index (χ1) is 7.84. The van der Waals surface area contributed by atoms with Gasteiger partial charge in [0.05, 0.1) is 12.1 Å². The van der Waals surface area contributed by atoms with E-state index in [1.54, 1.807) is 6.92 Å². The molecule has 0 fully saturated rings. The van der Waals surface area contributed by atoms with Crippen LogP contribution in [0, 0.1) is 5.92 Å². The number of amides is 1. The van der Waals surface area contributed by atoms with Gasteiger partial charge >= 0.3 is 5.97 Å². The Kier molecular flexibility index (Phi) is 6.50. The number of nitrogens with zero attached hydrogens (tertiary/aromatic N) is 1. The topological polar surface area (TPSA) is 69.6 Å². The molecule has 0 aromatic carbocycles. The van der Waals surface area contributed by atoms with Crippen LogP contribution in [-0.2, 0) is 9.59 Å². The summed E-state index contributed by atoms with van der Waals surface area (Å²) in [5.74, 6) is -2.21. The average Bonchev–Trinajstić information content (AvgIpc) is 2.25. The van der Waals surface area contributed by atoms with Crippen molar-refractivity contribution >= 4 is 11.9 Å². The third-order valence-electron chi connectivity index (χ3n) is 2.73. The number of nitrogens with one attached hydrogen (secondary N) is 1. The summed E-state index contributed by atoms with van der Waals surface area (Å²) in [6, 6.07) is 0. The fourth-order valence-electron chi connectivity index (χ4n) is 1.57. The zero-order valence-electron chi connectivity index (χ0n) is 11.0. The van der Waals surface area contributed by atoms with E-state index in [4.69, 9.17) is 5.11 Å². The Labute approximate surface area is 102 Å². The molecule has 0 radical (unpaired) electrons. The molecular weight excluding hydrogens is 220 g/mol. The molecule has 1 amide bonds. The minimum absolute atomic E-state index is 0.106. The van der Waals surface area contributed by atoms with E-state index in [2.05, 4.69) is 11.9 Å². The fourth-order valence-corrected chi connectivity index (χ4v) is 1.57. The van der Waals surface area contributed by atoms with Crippen molar-refractivity contribution < 1.29 is 14.7 Å². The molecular formula is C12H22N2O3. The lowest BCUT2D eigenvalue weighted by Gasteiger charge is -2.25. The summed E-state index contributed by atoms with van der Waals surface area (Å²) in [6.45, 7) is 7.25. The summed E-state index contributed by atoms with van der Waals surface area (Å²) in [5.41, 5.74) is 0.111. The van der Waals surface area contributed by atoms with Gasteiger partial charge in [0.25, 0.3) is 0 Å². The molecule has 5 nitrogen and oxygen atoms in total. The first kappa shape index (κ1) is 15.6. The molecule has 0 spiro atoms. The molecule has 0 aromatic rings. The standard InChI is InChI=1S/C12H22N2O3/c1-6-9(12(16)17)8(3)11(15)13-10(7-2)14(4)5/h9-10H,3,6-7H2,1-2,4-5H3,(H,13,15)(H,16,17). The molecule has 0 aliphatic heterocycles. The molecule has 0 rings (SSSR count). The van der Waals surface area contributed by atoms with Gasteiger partial charge in [-0.3, -0.25) is 14.5 Å². The third kappa shape index (κ3) is 4.56. The number of carbonyl (C=O) groups excluding carboxylic acids is 1. The van der Waals surface area contributed by atoms with Crippen LogP contribution in [0.4, 0.5) is 0 Å². The van der Waals surface area contributed by atoms with E-state index in [0.717, 1.165) is 6.42 Å². The molecule has 0 saturated heterocycles. The Morgan fingerprint density at radius 2 is 1.82 bits per heavy atom. The molecule has 17 heavy (non-hydrogen) atoms. The number of carboxylic acids is 1. The molecule has 0 saturated carbocycles. The predicted molar refractivity (Wildman–Crippen MR) is 66.5 cm³/mol. The predicted octanol–water partition coefficient (Wildman–Crippen LogP) is 1.07. The van der Waals surface area contributed by atoms with E-state index in [1.165, 1.54) is 0 Å². The Morgan fingerprint density at radius 1 is 1.29 bits per heavy atom. The molecule has 2 atom stereocenters. The summed E-state index contributed by atoms with van der Waals surface area (Å²) >= 11 is 0. The van der Waals surface area contributed by atoms with Crippen molar-refractivity contribution in [1.82, 2.24) is 10.2 Å². The number of rotatable bonds is 7. The van der Waals surface area contributed by atoms with Gasteiger partial charge in [0.15, 0.2) is 0 Å². The van der Waals surface area contributed by atoms with E-state index >= 15 is 0 Å². The second kappa shape index (κ2) is 7.06. The maximum atomic E-state index is 11.8. The summed E-state index contributed by atoms with van der Waals surface area (Å²) < 4.78 is 0. The van der Waals surface area contributed by atoms with Crippen molar-refractivity contribution in [3.05, 3.63) is 12.2 Å². The van der Waals surface area contributed by atoms with Crippen molar-refractivity contribution in [3.8, 4) is 0 Å². The van der Waals surface area contributed by atoms with Crippen LogP contribution in [0.1, 0.15) is 26.7 Å². The largest absolute Gasteiger partial charge is 0.481 e. The van der Waals surface area contributed by atoms with E-state index in [-0.39, 0.29) is 17.6 Å². The van der Waals surface area contributed by atoms with Crippen LogP contribution >= 0.6 is 0 Å². The zero-order chi connectivity index (χ0) is 13.6. The minimum atomic E-state index is -1.01. The molecule has 0 aliphatic rings. The quantitative estimate of drug-likeness (QED) is 0.517. The van der Waals surface area contributed by atoms with Crippen LogP contribution in [0.5, 0.6) is 0 Å². The molecule has 98 valence electrons. The van der Waals surface area contributed by atoms with Gasteiger partial charge in [-0.1, -0.05) is 20.4 Å². The second-order valence-corrected chi connectivity index (χ2v) is 4.19. The normalized spacial score (nSPS) is 14.2. The van der Waals surface area contributed by atoms with E-state index in [1.807, 2.05) is 25.9 Å². The van der Waals surface area contributed by atoms with Crippen LogP contribution in [0.25, 0.3) is 0 Å². The summed E-state index contributed by atoms with van der Waals surface area (Å²) in [7, 11) is 3.71. The van der Waals surface area contributed by atoms with E-state index in [0.29, 0.717) is 6.42 Å². The molecule has 2 unspecified atom stereocenters. The van der Waals surface area contributed by atoms with Crippen molar-refractivity contribution in [2.24, 2.45) is 5.92 Å². The minimum Gasteiger partial charge on any atom is -0.481 e. The Balaban J connectivity index is 4.60. The highest BCUT2D eigenvalue weighted by Gasteiger charge is 2.25. The first-order valence-corrected chi connectivity index (χ1v) is 5.73. The van der Waals surface area contributed by atoms with Crippen molar-refractivity contribution in [3.63, 3.8) is 0 Å². The lowest BCUT2D eigenvalue weighted by atomic mass is 9.97. The lowest BCUT2D eigenvalue weighted by molar-refractivity contribution is -0.141. The van der Waals surface area contributed by atoms with Crippen LogP contribution in [-0.4, -0.2) is 42.1 Å². The molecule has 0 bridgehead atoms. The number of aliphatic carboxylic acids is 1. The summed E-state index contributed by atoms with van der Waals surface area (Å²) in [4.78, 5) is 24.6. The maximum Gasteiger partial charge on any atom is 0.311 e. The Hall–Kier alpha value is -1.36. The van der Waals surface area contributed by atoms with Gasteiger partial charge in [-0.2, -0.15) is 0 Å². The van der Waals surface area contributed by atoms with E-state index in [9.17, 15) is 9.59 Å².